The van der Waals surface area contributed by atoms with E-state index in [0.29, 0.717) is 23.0 Å². The topological polar surface area (TPSA) is 21.3 Å². The van der Waals surface area contributed by atoms with Gasteiger partial charge in [0, 0.05) is 24.6 Å². The standard InChI is InChI=1S/C17H33NO/c1-5-16(4)14(12-15(16)19-7-3)18-13-17(6-2)10-8-9-11-17/h14-15,18H,5-13H2,1-4H3. The van der Waals surface area contributed by atoms with Gasteiger partial charge < -0.3 is 10.1 Å². The SMILES string of the molecule is CCOC1CC(NCC2(CC)CCCC2)C1(C)CC. The van der Waals surface area contributed by atoms with E-state index in [2.05, 4.69) is 33.0 Å². The minimum absolute atomic E-state index is 0.351. The van der Waals surface area contributed by atoms with Crippen LogP contribution in [0.1, 0.15) is 72.6 Å². The Hall–Kier alpha value is -0.0800. The number of hydrogen-bond acceptors (Lipinski definition) is 2. The van der Waals surface area contributed by atoms with Crippen molar-refractivity contribution in [3.63, 3.8) is 0 Å². The van der Waals surface area contributed by atoms with Crippen molar-refractivity contribution >= 4 is 0 Å². The van der Waals surface area contributed by atoms with Crippen molar-refractivity contribution in [3.8, 4) is 0 Å². The molecule has 0 saturated heterocycles. The van der Waals surface area contributed by atoms with E-state index in [1.807, 2.05) is 0 Å². The Morgan fingerprint density at radius 2 is 1.79 bits per heavy atom. The Bertz CT molecular complexity index is 285. The highest BCUT2D eigenvalue weighted by atomic mass is 16.5. The molecule has 0 radical (unpaired) electrons. The normalized spacial score (nSPS) is 37.3. The van der Waals surface area contributed by atoms with Gasteiger partial charge in [0.1, 0.15) is 0 Å². The van der Waals surface area contributed by atoms with E-state index in [4.69, 9.17) is 4.74 Å². The van der Waals surface area contributed by atoms with Gasteiger partial charge in [-0.15, -0.1) is 0 Å². The summed E-state index contributed by atoms with van der Waals surface area (Å²) in [6.45, 7) is 11.3. The first kappa shape index (κ1) is 15.3. The third-order valence-corrected chi connectivity index (χ3v) is 6.25. The summed E-state index contributed by atoms with van der Waals surface area (Å²) < 4.78 is 5.90. The summed E-state index contributed by atoms with van der Waals surface area (Å²) >= 11 is 0. The molecule has 2 aliphatic rings. The molecule has 0 aromatic rings. The molecule has 0 spiro atoms. The maximum absolute atomic E-state index is 5.90. The molecule has 0 bridgehead atoms. The van der Waals surface area contributed by atoms with Gasteiger partial charge in [-0.1, -0.05) is 33.6 Å². The van der Waals surface area contributed by atoms with Crippen LogP contribution >= 0.6 is 0 Å². The van der Waals surface area contributed by atoms with E-state index < -0.39 is 0 Å². The second-order valence-corrected chi connectivity index (χ2v) is 7.03. The van der Waals surface area contributed by atoms with E-state index in [9.17, 15) is 0 Å². The van der Waals surface area contributed by atoms with Crippen LogP contribution in [-0.2, 0) is 4.74 Å². The highest BCUT2D eigenvalue weighted by molar-refractivity contribution is 5.05. The maximum atomic E-state index is 5.90. The van der Waals surface area contributed by atoms with Crippen molar-refractivity contribution in [2.24, 2.45) is 10.8 Å². The lowest BCUT2D eigenvalue weighted by molar-refractivity contribution is -0.127. The lowest BCUT2D eigenvalue weighted by atomic mass is 9.61. The summed E-state index contributed by atoms with van der Waals surface area (Å²) in [7, 11) is 0. The summed E-state index contributed by atoms with van der Waals surface area (Å²) in [5.41, 5.74) is 0.953. The fourth-order valence-corrected chi connectivity index (χ4v) is 4.19. The molecule has 1 N–H and O–H groups in total. The van der Waals surface area contributed by atoms with Crippen LogP contribution < -0.4 is 5.32 Å². The summed E-state index contributed by atoms with van der Waals surface area (Å²) in [5, 5.41) is 3.90. The van der Waals surface area contributed by atoms with Crippen molar-refractivity contribution < 1.29 is 4.74 Å². The Morgan fingerprint density at radius 1 is 1.11 bits per heavy atom. The van der Waals surface area contributed by atoms with Crippen LogP contribution in [0, 0.1) is 10.8 Å². The van der Waals surface area contributed by atoms with E-state index in [1.165, 1.54) is 51.5 Å². The third-order valence-electron chi connectivity index (χ3n) is 6.25. The number of ether oxygens (including phenoxy) is 1. The van der Waals surface area contributed by atoms with Crippen molar-refractivity contribution in [2.45, 2.75) is 84.8 Å². The lowest BCUT2D eigenvalue weighted by Gasteiger charge is -2.54. The minimum Gasteiger partial charge on any atom is -0.378 e. The zero-order valence-corrected chi connectivity index (χ0v) is 13.4. The Balaban J connectivity index is 1.86. The van der Waals surface area contributed by atoms with E-state index in [1.54, 1.807) is 0 Å². The third kappa shape index (κ3) is 2.85. The molecule has 112 valence electrons. The van der Waals surface area contributed by atoms with Crippen molar-refractivity contribution in [3.05, 3.63) is 0 Å². The number of rotatable bonds is 7. The van der Waals surface area contributed by atoms with Gasteiger partial charge in [0.25, 0.3) is 0 Å². The van der Waals surface area contributed by atoms with Gasteiger partial charge in [0.15, 0.2) is 0 Å². The second-order valence-electron chi connectivity index (χ2n) is 7.03. The zero-order chi connectivity index (χ0) is 13.9. The van der Waals surface area contributed by atoms with Crippen molar-refractivity contribution in [1.82, 2.24) is 5.32 Å². The first-order chi connectivity index (χ1) is 9.10. The molecule has 0 aliphatic heterocycles. The van der Waals surface area contributed by atoms with Gasteiger partial charge >= 0.3 is 0 Å². The molecule has 0 aromatic carbocycles. The van der Waals surface area contributed by atoms with Crippen LogP contribution in [0.5, 0.6) is 0 Å². The van der Waals surface area contributed by atoms with E-state index >= 15 is 0 Å². The second kappa shape index (κ2) is 6.13. The lowest BCUT2D eigenvalue weighted by Crippen LogP contribution is -2.63. The molecular formula is C17H33NO. The highest BCUT2D eigenvalue weighted by Gasteiger charge is 2.51. The maximum Gasteiger partial charge on any atom is 0.0658 e. The molecule has 19 heavy (non-hydrogen) atoms. The van der Waals surface area contributed by atoms with Gasteiger partial charge in [-0.2, -0.15) is 0 Å². The minimum atomic E-state index is 0.351. The van der Waals surface area contributed by atoms with Gasteiger partial charge in [-0.25, -0.2) is 0 Å². The molecule has 2 heteroatoms. The fourth-order valence-electron chi connectivity index (χ4n) is 4.19. The van der Waals surface area contributed by atoms with Crippen LogP contribution in [0.15, 0.2) is 0 Å². The van der Waals surface area contributed by atoms with Crippen LogP contribution in [0.25, 0.3) is 0 Å². The molecular weight excluding hydrogens is 234 g/mol. The number of nitrogens with one attached hydrogen (secondary N) is 1. The van der Waals surface area contributed by atoms with Crippen molar-refractivity contribution in [2.75, 3.05) is 13.2 Å². The van der Waals surface area contributed by atoms with E-state index in [0.717, 1.165) is 6.61 Å². The fraction of sp³-hybridized carbons (Fsp3) is 1.00. The first-order valence-corrected chi connectivity index (χ1v) is 8.45. The molecule has 2 aliphatic carbocycles. The molecule has 0 aromatic heterocycles. The molecule has 3 unspecified atom stereocenters. The molecule has 0 heterocycles. The predicted octanol–water partition coefficient (Wildman–Crippen LogP) is 4.14. The quantitative estimate of drug-likeness (QED) is 0.748. The largest absolute Gasteiger partial charge is 0.378 e. The average Bonchev–Trinajstić information content (AvgIpc) is 2.90. The molecule has 3 atom stereocenters. The van der Waals surface area contributed by atoms with Crippen molar-refractivity contribution in [1.29, 1.82) is 0 Å². The molecule has 2 fully saturated rings. The van der Waals surface area contributed by atoms with Gasteiger partial charge in [-0.05, 0) is 44.4 Å². The van der Waals surface area contributed by atoms with Crippen LogP contribution in [-0.4, -0.2) is 25.3 Å². The first-order valence-electron chi connectivity index (χ1n) is 8.45. The van der Waals surface area contributed by atoms with Gasteiger partial charge in [0.2, 0.25) is 0 Å². The monoisotopic (exact) mass is 267 g/mol. The van der Waals surface area contributed by atoms with Gasteiger partial charge in [-0.3, -0.25) is 0 Å². The van der Waals surface area contributed by atoms with Crippen LogP contribution in [0.3, 0.4) is 0 Å². The molecule has 2 nitrogen and oxygen atoms in total. The summed E-state index contributed by atoms with van der Waals surface area (Å²) in [5.74, 6) is 0. The van der Waals surface area contributed by atoms with Crippen LogP contribution in [0.4, 0.5) is 0 Å². The Morgan fingerprint density at radius 3 is 2.32 bits per heavy atom. The molecule has 2 saturated carbocycles. The smallest absolute Gasteiger partial charge is 0.0658 e. The molecule has 2 rings (SSSR count). The Labute approximate surface area is 119 Å². The summed E-state index contributed by atoms with van der Waals surface area (Å²) in [6, 6.07) is 0.665. The van der Waals surface area contributed by atoms with Crippen LogP contribution in [0.2, 0.25) is 0 Å². The van der Waals surface area contributed by atoms with Gasteiger partial charge in [0.05, 0.1) is 6.10 Å². The molecule has 0 amide bonds. The Kier molecular flexibility index (Phi) is 4.94. The summed E-state index contributed by atoms with van der Waals surface area (Å²) in [4.78, 5) is 0. The highest BCUT2D eigenvalue weighted by Crippen LogP contribution is 2.47. The van der Waals surface area contributed by atoms with E-state index in [-0.39, 0.29) is 0 Å². The predicted molar refractivity (Wildman–Crippen MR) is 81.4 cm³/mol. The number of hydrogen-bond donors (Lipinski definition) is 1. The zero-order valence-electron chi connectivity index (χ0n) is 13.4. The average molecular weight is 267 g/mol. The summed E-state index contributed by atoms with van der Waals surface area (Å²) in [6.07, 6.45) is 9.97.